The molecule has 0 bridgehead atoms. The molecule has 4 aromatic rings. The van der Waals surface area contributed by atoms with Gasteiger partial charge in [-0.15, -0.1) is 16.4 Å². The van der Waals surface area contributed by atoms with Crippen molar-refractivity contribution in [3.05, 3.63) is 52.2 Å². The van der Waals surface area contributed by atoms with E-state index in [1.807, 2.05) is 17.5 Å². The maximum absolute atomic E-state index is 12.0. The first-order chi connectivity index (χ1) is 13.2. The summed E-state index contributed by atoms with van der Waals surface area (Å²) in [6.45, 7) is -0.000815. The predicted molar refractivity (Wildman–Crippen MR) is 96.0 cm³/mol. The third kappa shape index (κ3) is 3.34. The second-order valence-corrected chi connectivity index (χ2v) is 6.33. The van der Waals surface area contributed by atoms with Crippen LogP contribution in [0.3, 0.4) is 0 Å². The van der Waals surface area contributed by atoms with E-state index in [1.165, 1.54) is 11.3 Å². The highest BCUT2D eigenvalue weighted by molar-refractivity contribution is 7.13. The molecule has 138 valence electrons. The lowest BCUT2D eigenvalue weighted by Crippen LogP contribution is -2.16. The van der Waals surface area contributed by atoms with E-state index in [0.29, 0.717) is 22.9 Å². The molecule has 0 saturated carbocycles. The van der Waals surface area contributed by atoms with Crippen molar-refractivity contribution in [3.63, 3.8) is 0 Å². The fourth-order valence-corrected chi connectivity index (χ4v) is 3.09. The molecule has 0 spiro atoms. The van der Waals surface area contributed by atoms with Crippen LogP contribution in [0.2, 0.25) is 0 Å². The smallest absolute Gasteiger partial charge is 0.437 e. The van der Waals surface area contributed by atoms with Crippen LogP contribution in [-0.4, -0.2) is 34.1 Å². The Morgan fingerprint density at radius 3 is 2.85 bits per heavy atom. The number of nitrogens with zero attached hydrogens (tertiary/aromatic N) is 4. The van der Waals surface area contributed by atoms with Crippen molar-refractivity contribution in [3.8, 4) is 33.7 Å². The molecule has 1 aromatic carbocycles. The van der Waals surface area contributed by atoms with Gasteiger partial charge in [0.2, 0.25) is 11.7 Å². The van der Waals surface area contributed by atoms with Gasteiger partial charge in [0, 0.05) is 6.07 Å². The number of hydrogen-bond acceptors (Lipinski definition) is 9. The summed E-state index contributed by atoms with van der Waals surface area (Å²) in [7, 11) is 3.11. The lowest BCUT2D eigenvalue weighted by molar-refractivity contribution is 0.359. The summed E-state index contributed by atoms with van der Waals surface area (Å²) < 4.78 is 22.1. The topological polar surface area (TPSA) is 105 Å². The van der Waals surface area contributed by atoms with Crippen LogP contribution in [0.1, 0.15) is 5.89 Å². The van der Waals surface area contributed by atoms with Crippen molar-refractivity contribution >= 4 is 11.3 Å². The average molecular weight is 386 g/mol. The monoisotopic (exact) mass is 386 g/mol. The summed E-state index contributed by atoms with van der Waals surface area (Å²) in [5.74, 6) is 1.40. The zero-order valence-electron chi connectivity index (χ0n) is 14.4. The minimum Gasteiger partial charge on any atom is -0.497 e. The Hall–Kier alpha value is -3.40. The van der Waals surface area contributed by atoms with Crippen molar-refractivity contribution in [1.29, 1.82) is 0 Å². The summed E-state index contributed by atoms with van der Waals surface area (Å²) in [6.07, 6.45) is 0. The van der Waals surface area contributed by atoms with Gasteiger partial charge in [-0.2, -0.15) is 9.67 Å². The van der Waals surface area contributed by atoms with Gasteiger partial charge in [0.25, 0.3) is 5.89 Å². The highest BCUT2D eigenvalue weighted by Crippen LogP contribution is 2.31. The van der Waals surface area contributed by atoms with Crippen LogP contribution >= 0.6 is 11.3 Å². The lowest BCUT2D eigenvalue weighted by atomic mass is 10.2. The van der Waals surface area contributed by atoms with Gasteiger partial charge < -0.3 is 18.4 Å². The van der Waals surface area contributed by atoms with E-state index in [4.69, 9.17) is 18.4 Å². The molecule has 27 heavy (non-hydrogen) atoms. The van der Waals surface area contributed by atoms with Gasteiger partial charge in [0.15, 0.2) is 0 Å². The Bertz CT molecular complexity index is 1110. The van der Waals surface area contributed by atoms with E-state index < -0.39 is 5.76 Å². The molecule has 3 heterocycles. The van der Waals surface area contributed by atoms with Crippen molar-refractivity contribution in [2.75, 3.05) is 14.2 Å². The van der Waals surface area contributed by atoms with Crippen molar-refractivity contribution in [2.24, 2.45) is 0 Å². The Morgan fingerprint density at radius 1 is 1.22 bits per heavy atom. The first-order valence-corrected chi connectivity index (χ1v) is 8.72. The quantitative estimate of drug-likeness (QED) is 0.498. The highest BCUT2D eigenvalue weighted by atomic mass is 32.1. The van der Waals surface area contributed by atoms with E-state index >= 15 is 0 Å². The third-order valence-electron chi connectivity index (χ3n) is 3.74. The maximum atomic E-state index is 12.0. The largest absolute Gasteiger partial charge is 0.497 e. The lowest BCUT2D eigenvalue weighted by Gasteiger charge is -2.07. The molecule has 10 heteroatoms. The van der Waals surface area contributed by atoms with Crippen molar-refractivity contribution in [1.82, 2.24) is 19.9 Å². The van der Waals surface area contributed by atoms with E-state index in [1.54, 1.807) is 32.4 Å². The molecule has 0 aliphatic rings. The molecule has 0 unspecified atom stereocenters. The molecule has 0 N–H and O–H groups in total. The summed E-state index contributed by atoms with van der Waals surface area (Å²) in [4.78, 5) is 17.1. The number of methoxy groups -OCH3 is 2. The maximum Gasteiger partial charge on any atom is 0.437 e. The van der Waals surface area contributed by atoms with E-state index in [0.717, 1.165) is 9.56 Å². The van der Waals surface area contributed by atoms with Crippen LogP contribution in [-0.2, 0) is 6.54 Å². The third-order valence-corrected chi connectivity index (χ3v) is 4.60. The number of hydrogen-bond donors (Lipinski definition) is 0. The number of thiophene rings is 1. The second-order valence-electron chi connectivity index (χ2n) is 5.39. The van der Waals surface area contributed by atoms with Gasteiger partial charge in [-0.05, 0) is 23.6 Å². The number of rotatable bonds is 6. The van der Waals surface area contributed by atoms with Crippen LogP contribution in [0, 0.1) is 0 Å². The zero-order chi connectivity index (χ0) is 18.8. The fraction of sp³-hybridized carbons (Fsp3) is 0.176. The van der Waals surface area contributed by atoms with Crippen LogP contribution in [0.25, 0.3) is 22.2 Å². The van der Waals surface area contributed by atoms with E-state index in [-0.39, 0.29) is 18.3 Å². The molecule has 3 aromatic heterocycles. The van der Waals surface area contributed by atoms with Gasteiger partial charge in [-0.3, -0.25) is 0 Å². The molecule has 0 fully saturated rings. The molecular weight excluding hydrogens is 372 g/mol. The first kappa shape index (κ1) is 17.0. The molecule has 0 aliphatic carbocycles. The number of ether oxygens (including phenoxy) is 2. The molecule has 4 rings (SSSR count). The van der Waals surface area contributed by atoms with E-state index in [9.17, 15) is 4.79 Å². The Balaban J connectivity index is 1.60. The molecule has 0 radical (unpaired) electrons. The van der Waals surface area contributed by atoms with Crippen LogP contribution in [0.5, 0.6) is 11.5 Å². The SMILES string of the molecule is COc1ccc(-c2noc(Cn3nc(-c4cccs4)oc3=O)n2)c(OC)c1. The molecule has 0 saturated heterocycles. The molecular formula is C17H14N4O5S. The Morgan fingerprint density at radius 2 is 2.11 bits per heavy atom. The number of benzene rings is 1. The van der Waals surface area contributed by atoms with Crippen molar-refractivity contribution in [2.45, 2.75) is 6.54 Å². The highest BCUT2D eigenvalue weighted by Gasteiger charge is 2.17. The predicted octanol–water partition coefficient (Wildman–Crippen LogP) is 2.68. The first-order valence-electron chi connectivity index (χ1n) is 7.84. The van der Waals surface area contributed by atoms with Gasteiger partial charge in [-0.25, -0.2) is 4.79 Å². The second kappa shape index (κ2) is 7.08. The van der Waals surface area contributed by atoms with Crippen LogP contribution in [0.15, 0.2) is 49.4 Å². The van der Waals surface area contributed by atoms with Crippen LogP contribution < -0.4 is 15.2 Å². The summed E-state index contributed by atoms with van der Waals surface area (Å²) in [6, 6.07) is 8.93. The normalized spacial score (nSPS) is 10.9. The minimum absolute atomic E-state index is 0.000815. The van der Waals surface area contributed by atoms with Gasteiger partial charge >= 0.3 is 5.76 Å². The molecule has 0 amide bonds. The molecule has 0 atom stereocenters. The van der Waals surface area contributed by atoms with Crippen LogP contribution in [0.4, 0.5) is 0 Å². The average Bonchev–Trinajstić information content (AvgIpc) is 3.43. The van der Waals surface area contributed by atoms with Gasteiger partial charge in [0.05, 0.1) is 24.7 Å². The van der Waals surface area contributed by atoms with Gasteiger partial charge in [0.1, 0.15) is 18.0 Å². The number of aromatic nitrogens is 4. The Kier molecular flexibility index (Phi) is 4.47. The van der Waals surface area contributed by atoms with E-state index in [2.05, 4.69) is 15.2 Å². The summed E-state index contributed by atoms with van der Waals surface area (Å²) in [5, 5.41) is 10.00. The Labute approximate surface area is 156 Å². The summed E-state index contributed by atoms with van der Waals surface area (Å²) >= 11 is 1.43. The fourth-order valence-electron chi connectivity index (χ4n) is 2.45. The van der Waals surface area contributed by atoms with Crippen molar-refractivity contribution < 1.29 is 18.4 Å². The van der Waals surface area contributed by atoms with Gasteiger partial charge in [-0.1, -0.05) is 11.2 Å². The zero-order valence-corrected chi connectivity index (χ0v) is 15.2. The summed E-state index contributed by atoms with van der Waals surface area (Å²) in [5.41, 5.74) is 0.639. The molecule has 9 nitrogen and oxygen atoms in total. The molecule has 0 aliphatic heterocycles. The minimum atomic E-state index is -0.597. The standard InChI is InChI=1S/C17H14N4O5S/c1-23-10-5-6-11(12(8-10)24-2)15-18-14(26-20-15)9-21-17(22)25-16(19-21)13-4-3-7-27-13/h3-8H,9H2,1-2H3.